The number of rotatable bonds is 7. The average molecular weight is 388 g/mol. The van der Waals surface area contributed by atoms with E-state index >= 15 is 0 Å². The minimum absolute atomic E-state index is 0.0364. The van der Waals surface area contributed by atoms with E-state index in [-0.39, 0.29) is 39.8 Å². The van der Waals surface area contributed by atoms with Crippen LogP contribution in [0.1, 0.15) is 27.6 Å². The molecule has 0 saturated heterocycles. The Morgan fingerprint density at radius 3 is 1.96 bits per heavy atom. The highest BCUT2D eigenvalue weighted by Gasteiger charge is 2.17. The molecule has 2 aromatic rings. The molecule has 1 amide bonds. The molecule has 0 atom stereocenters. The fraction of sp³-hybridized carbons (Fsp3) is 0.211. The second-order valence-electron chi connectivity index (χ2n) is 5.45. The van der Waals surface area contributed by atoms with Gasteiger partial charge in [-0.2, -0.15) is 0 Å². The highest BCUT2D eigenvalue weighted by molar-refractivity contribution is 6.08. The Bertz CT molecular complexity index is 922. The van der Waals surface area contributed by atoms with Crippen LogP contribution in [0.2, 0.25) is 0 Å². The van der Waals surface area contributed by atoms with Crippen LogP contribution in [0.5, 0.6) is 23.0 Å². The zero-order chi connectivity index (χ0) is 20.8. The zero-order valence-electron chi connectivity index (χ0n) is 15.7. The monoisotopic (exact) mass is 388 g/mol. The number of aromatic carboxylic acids is 1. The average Bonchev–Trinajstić information content (AvgIpc) is 2.67. The minimum atomic E-state index is -1.50. The number of amides is 1. The van der Waals surface area contributed by atoms with Gasteiger partial charge < -0.3 is 34.2 Å². The van der Waals surface area contributed by atoms with Gasteiger partial charge in [-0.25, -0.2) is 0 Å². The number of hydrogen-bond acceptors (Lipinski definition) is 8. The van der Waals surface area contributed by atoms with Crippen molar-refractivity contribution < 1.29 is 38.4 Å². The summed E-state index contributed by atoms with van der Waals surface area (Å²) < 4.78 is 20.3. The second-order valence-corrected chi connectivity index (χ2v) is 5.45. The third-order valence-corrected chi connectivity index (χ3v) is 3.67. The van der Waals surface area contributed by atoms with Crippen LogP contribution in [0.25, 0.3) is 0 Å². The van der Waals surface area contributed by atoms with Crippen LogP contribution in [0.3, 0.4) is 0 Å². The molecule has 0 aliphatic heterocycles. The lowest BCUT2D eigenvalue weighted by Gasteiger charge is -2.16. The summed E-state index contributed by atoms with van der Waals surface area (Å²) in [6.07, 6.45) is 0. The Labute approximate surface area is 160 Å². The van der Waals surface area contributed by atoms with Gasteiger partial charge in [-0.15, -0.1) is 0 Å². The molecule has 9 heteroatoms. The summed E-state index contributed by atoms with van der Waals surface area (Å²) >= 11 is 0. The summed E-state index contributed by atoms with van der Waals surface area (Å²) in [6, 6.07) is 6.65. The molecule has 28 heavy (non-hydrogen) atoms. The first-order valence-electron chi connectivity index (χ1n) is 7.95. The fourth-order valence-electron chi connectivity index (χ4n) is 2.39. The normalized spacial score (nSPS) is 10.0. The van der Waals surface area contributed by atoms with Crippen LogP contribution in [-0.2, 0) is 4.79 Å². The Hall–Kier alpha value is -3.75. The number of nitrogens with one attached hydrogen (secondary N) is 1. The number of methoxy groups -OCH3 is 3. The topological polar surface area (TPSA) is 123 Å². The molecular weight excluding hydrogens is 370 g/mol. The van der Waals surface area contributed by atoms with E-state index in [1.165, 1.54) is 58.6 Å². The van der Waals surface area contributed by atoms with E-state index in [1.807, 2.05) is 0 Å². The van der Waals surface area contributed by atoms with E-state index in [9.17, 15) is 19.5 Å². The largest absolute Gasteiger partial charge is 0.545 e. The maximum atomic E-state index is 12.6. The summed E-state index contributed by atoms with van der Waals surface area (Å²) in [4.78, 5) is 35.1. The molecule has 0 radical (unpaired) electrons. The lowest BCUT2D eigenvalue weighted by molar-refractivity contribution is -0.254. The number of benzene rings is 2. The summed E-state index contributed by atoms with van der Waals surface area (Å²) in [6.45, 7) is 1.23. The highest BCUT2D eigenvalue weighted by Crippen LogP contribution is 2.34. The maximum absolute atomic E-state index is 12.6. The smallest absolute Gasteiger partial charge is 0.308 e. The number of ether oxygens (including phenoxy) is 4. The zero-order valence-corrected chi connectivity index (χ0v) is 15.7. The molecule has 0 spiro atoms. The molecular formula is C19H18NO8-. The number of carbonyl (C=O) groups is 3. The van der Waals surface area contributed by atoms with Gasteiger partial charge in [-0.3, -0.25) is 9.59 Å². The van der Waals surface area contributed by atoms with Gasteiger partial charge in [-0.1, -0.05) is 0 Å². The van der Waals surface area contributed by atoms with Crippen molar-refractivity contribution in [3.05, 3.63) is 41.5 Å². The molecule has 0 heterocycles. The predicted octanol–water partition coefficient (Wildman–Crippen LogP) is 1.25. The van der Waals surface area contributed by atoms with E-state index in [0.29, 0.717) is 0 Å². The molecule has 0 unspecified atom stereocenters. The quantitative estimate of drug-likeness (QED) is 0.555. The second kappa shape index (κ2) is 8.76. The SMILES string of the molecule is COc1cc(NC(=O)c2ccc(OC(C)=O)c(OC)c2)c(C(=O)[O-])cc1OC. The minimum Gasteiger partial charge on any atom is -0.545 e. The summed E-state index contributed by atoms with van der Waals surface area (Å²) in [5, 5.41) is 13.9. The Balaban J connectivity index is 2.39. The third kappa shape index (κ3) is 4.50. The van der Waals surface area contributed by atoms with Crippen molar-refractivity contribution in [1.29, 1.82) is 0 Å². The molecule has 2 aromatic carbocycles. The molecule has 0 aliphatic rings. The fourth-order valence-corrected chi connectivity index (χ4v) is 2.39. The predicted molar refractivity (Wildman–Crippen MR) is 96.1 cm³/mol. The third-order valence-electron chi connectivity index (χ3n) is 3.67. The van der Waals surface area contributed by atoms with Crippen LogP contribution in [0.15, 0.2) is 30.3 Å². The number of carbonyl (C=O) groups excluding carboxylic acids is 3. The van der Waals surface area contributed by atoms with E-state index in [4.69, 9.17) is 18.9 Å². The Morgan fingerprint density at radius 2 is 1.43 bits per heavy atom. The number of carboxylic acid groups (broad SMARTS) is 1. The number of anilines is 1. The first-order valence-corrected chi connectivity index (χ1v) is 7.95. The molecule has 148 valence electrons. The lowest BCUT2D eigenvalue weighted by atomic mass is 10.1. The van der Waals surface area contributed by atoms with Crippen molar-refractivity contribution in [3.63, 3.8) is 0 Å². The van der Waals surface area contributed by atoms with Crippen molar-refractivity contribution in [3.8, 4) is 23.0 Å². The van der Waals surface area contributed by atoms with Crippen LogP contribution in [0, 0.1) is 0 Å². The van der Waals surface area contributed by atoms with Gasteiger partial charge >= 0.3 is 5.97 Å². The van der Waals surface area contributed by atoms with Gasteiger partial charge in [0, 0.05) is 24.1 Å². The van der Waals surface area contributed by atoms with Gasteiger partial charge in [-0.05, 0) is 24.3 Å². The van der Waals surface area contributed by atoms with E-state index < -0.39 is 17.8 Å². The first kappa shape index (κ1) is 20.6. The van der Waals surface area contributed by atoms with Crippen molar-refractivity contribution in [2.75, 3.05) is 26.6 Å². The molecule has 0 bridgehead atoms. The summed E-state index contributed by atoms with van der Waals surface area (Å²) in [5.41, 5.74) is -0.174. The molecule has 0 saturated carbocycles. The summed E-state index contributed by atoms with van der Waals surface area (Å²) in [7, 11) is 4.08. The van der Waals surface area contributed by atoms with Crippen molar-refractivity contribution in [2.45, 2.75) is 6.92 Å². The van der Waals surface area contributed by atoms with Gasteiger partial charge in [0.15, 0.2) is 23.0 Å². The van der Waals surface area contributed by atoms with Gasteiger partial charge in [0.2, 0.25) is 0 Å². The van der Waals surface area contributed by atoms with Crippen molar-refractivity contribution >= 4 is 23.5 Å². The van der Waals surface area contributed by atoms with Crippen LogP contribution in [0.4, 0.5) is 5.69 Å². The number of carboxylic acids is 1. The van der Waals surface area contributed by atoms with Crippen LogP contribution >= 0.6 is 0 Å². The molecule has 0 fully saturated rings. The van der Waals surface area contributed by atoms with Crippen molar-refractivity contribution in [1.82, 2.24) is 0 Å². The van der Waals surface area contributed by atoms with Crippen molar-refractivity contribution in [2.24, 2.45) is 0 Å². The lowest BCUT2D eigenvalue weighted by Crippen LogP contribution is -2.25. The molecule has 0 aliphatic carbocycles. The standard InChI is InChI=1S/C19H19NO8/c1-10(21)28-14-6-5-11(7-15(14)25-2)18(22)20-13-9-17(27-4)16(26-3)8-12(13)19(23)24/h5-9H,1-4H3,(H,20,22)(H,23,24)/p-1. The molecule has 9 nitrogen and oxygen atoms in total. The molecule has 2 rings (SSSR count). The van der Waals surface area contributed by atoms with Gasteiger partial charge in [0.1, 0.15) is 0 Å². The van der Waals surface area contributed by atoms with E-state index in [0.717, 1.165) is 0 Å². The Morgan fingerprint density at radius 1 is 0.857 bits per heavy atom. The van der Waals surface area contributed by atoms with E-state index in [1.54, 1.807) is 0 Å². The maximum Gasteiger partial charge on any atom is 0.308 e. The molecule has 0 aromatic heterocycles. The summed E-state index contributed by atoms with van der Waals surface area (Å²) in [5.74, 6) is -1.96. The highest BCUT2D eigenvalue weighted by atomic mass is 16.6. The number of esters is 1. The number of hydrogen-bond donors (Lipinski definition) is 1. The van der Waals surface area contributed by atoms with Gasteiger partial charge in [0.05, 0.1) is 33.0 Å². The van der Waals surface area contributed by atoms with E-state index in [2.05, 4.69) is 5.32 Å². The first-order chi connectivity index (χ1) is 13.3. The van der Waals surface area contributed by atoms with Crippen LogP contribution < -0.4 is 29.4 Å². The Kier molecular flexibility index (Phi) is 6.43. The van der Waals surface area contributed by atoms with Gasteiger partial charge in [0.25, 0.3) is 5.91 Å². The van der Waals surface area contributed by atoms with Crippen LogP contribution in [-0.4, -0.2) is 39.2 Å². The molecule has 1 N–H and O–H groups in total.